The third-order valence-corrected chi connectivity index (χ3v) is 19.1. The predicted molar refractivity (Wildman–Crippen MR) is 140 cm³/mol. The Morgan fingerprint density at radius 1 is 0.719 bits per heavy atom. The number of rotatable bonds is 8. The molecule has 0 radical (unpaired) electrons. The Morgan fingerprint density at radius 2 is 1.03 bits per heavy atom. The Bertz CT molecular complexity index is 650. The smallest absolute Gasteiger partial charge is 0.192 e. The van der Waals surface area contributed by atoms with Gasteiger partial charge in [-0.2, -0.15) is 0 Å². The van der Waals surface area contributed by atoms with E-state index in [1.165, 1.54) is 25.5 Å². The van der Waals surface area contributed by atoms with Gasteiger partial charge in [0.05, 0.1) is 0 Å². The molecule has 0 saturated heterocycles. The highest BCUT2D eigenvalue weighted by molar-refractivity contribution is 6.74. The van der Waals surface area contributed by atoms with Gasteiger partial charge >= 0.3 is 0 Å². The van der Waals surface area contributed by atoms with Crippen molar-refractivity contribution < 1.29 is 13.6 Å². The average molecular weight is 479 g/mol. The molecule has 6 aliphatic carbocycles. The van der Waals surface area contributed by atoms with Crippen LogP contribution < -0.4 is 0 Å². The van der Waals surface area contributed by atoms with Crippen molar-refractivity contribution in [3.8, 4) is 0 Å². The van der Waals surface area contributed by atoms with Crippen molar-refractivity contribution in [1.82, 2.24) is 0 Å². The van der Waals surface area contributed by atoms with E-state index in [0.29, 0.717) is 26.3 Å². The van der Waals surface area contributed by atoms with Gasteiger partial charge in [-0.1, -0.05) is 47.6 Å². The minimum absolute atomic E-state index is 0.0801. The molecule has 0 N–H and O–H groups in total. The molecule has 184 valence electrons. The molecule has 0 amide bonds. The van der Waals surface area contributed by atoms with Crippen LogP contribution in [0.3, 0.4) is 0 Å². The Labute approximate surface area is 200 Å². The average Bonchev–Trinajstić information content (AvgIpc) is 2.48. The van der Waals surface area contributed by atoms with Crippen molar-refractivity contribution >= 4 is 22.9 Å². The van der Waals surface area contributed by atoms with E-state index in [0.717, 1.165) is 32.5 Å². The van der Waals surface area contributed by atoms with Crippen LogP contribution in [0.4, 0.5) is 0 Å². The molecule has 0 heterocycles. The first kappa shape index (κ1) is 26.4. The van der Waals surface area contributed by atoms with E-state index in [9.17, 15) is 4.79 Å². The highest BCUT2D eigenvalue weighted by Crippen LogP contribution is 2.74. The standard InChI is InChI=1S/C14H26OSi.C13H24O2Si/c1-7-13-8-14(9-13,10-13)11-15-16(5,6)12(2,3)4;1-11(2,3)16(4,5)15-10-13-6-12(7-13,8-13)9-14/h7H,1,8-11H2,2-6H3;9H,6-8,10H2,1-5H3. The van der Waals surface area contributed by atoms with E-state index in [2.05, 4.69) is 80.4 Å². The molecule has 3 nitrogen and oxygen atoms in total. The summed E-state index contributed by atoms with van der Waals surface area (Å²) in [7, 11) is -3.13. The van der Waals surface area contributed by atoms with Crippen LogP contribution in [0.5, 0.6) is 0 Å². The van der Waals surface area contributed by atoms with Gasteiger partial charge in [0.25, 0.3) is 0 Å². The van der Waals surface area contributed by atoms with Crippen molar-refractivity contribution in [2.75, 3.05) is 13.2 Å². The molecule has 6 fully saturated rings. The first-order valence-electron chi connectivity index (χ1n) is 12.7. The van der Waals surface area contributed by atoms with Gasteiger partial charge in [-0.3, -0.25) is 0 Å². The lowest BCUT2D eigenvalue weighted by Gasteiger charge is -2.70. The molecule has 0 aliphatic heterocycles. The first-order valence-corrected chi connectivity index (χ1v) is 18.5. The van der Waals surface area contributed by atoms with Gasteiger partial charge in [0, 0.05) is 18.6 Å². The Balaban J connectivity index is 0.000000181. The Hall–Kier alpha value is -0.236. The number of hydrogen-bond acceptors (Lipinski definition) is 3. The number of hydrogen-bond donors (Lipinski definition) is 0. The fraction of sp³-hybridized carbons (Fsp3) is 0.889. The number of allylic oxidation sites excluding steroid dienone is 1. The first-order chi connectivity index (χ1) is 14.3. The molecule has 6 saturated carbocycles. The van der Waals surface area contributed by atoms with Crippen LogP contribution in [0.15, 0.2) is 12.7 Å². The van der Waals surface area contributed by atoms with Crippen LogP contribution in [0.2, 0.25) is 36.3 Å². The van der Waals surface area contributed by atoms with Crippen LogP contribution in [-0.4, -0.2) is 36.1 Å². The van der Waals surface area contributed by atoms with Crippen molar-refractivity contribution in [3.63, 3.8) is 0 Å². The van der Waals surface area contributed by atoms with E-state index in [1.807, 2.05) is 0 Å². The molecule has 32 heavy (non-hydrogen) atoms. The normalized spacial score (nSPS) is 37.6. The second kappa shape index (κ2) is 7.63. The van der Waals surface area contributed by atoms with Gasteiger partial charge in [0.15, 0.2) is 16.6 Å². The molecule has 0 aromatic rings. The Morgan fingerprint density at radius 3 is 1.28 bits per heavy atom. The summed E-state index contributed by atoms with van der Waals surface area (Å²) in [4.78, 5) is 10.8. The van der Waals surface area contributed by atoms with Gasteiger partial charge in [-0.15, -0.1) is 6.58 Å². The lowest BCUT2D eigenvalue weighted by atomic mass is 9.35. The SMILES string of the molecule is C=CC12CC(CO[Si](C)(C)C(C)(C)C)(C1)C2.CC(C)(C)[Si](C)(C)OCC12CC(C=O)(C1)C2. The molecule has 6 rings (SSSR count). The van der Waals surface area contributed by atoms with Crippen molar-refractivity contribution in [3.05, 3.63) is 12.7 Å². The molecule has 0 atom stereocenters. The topological polar surface area (TPSA) is 35.5 Å². The summed E-state index contributed by atoms with van der Waals surface area (Å²) in [5.74, 6) is 0. The summed E-state index contributed by atoms with van der Waals surface area (Å²) in [6.07, 6.45) is 10.6. The van der Waals surface area contributed by atoms with Crippen LogP contribution in [0.1, 0.15) is 80.1 Å². The van der Waals surface area contributed by atoms with E-state index < -0.39 is 16.6 Å². The summed E-state index contributed by atoms with van der Waals surface area (Å²) < 4.78 is 12.6. The predicted octanol–water partition coefficient (Wildman–Crippen LogP) is 7.74. The highest BCUT2D eigenvalue weighted by atomic mass is 28.4. The van der Waals surface area contributed by atoms with Gasteiger partial charge in [0.2, 0.25) is 0 Å². The summed E-state index contributed by atoms with van der Waals surface area (Å²) in [6.45, 7) is 28.9. The van der Waals surface area contributed by atoms with Gasteiger partial charge in [-0.25, -0.2) is 0 Å². The van der Waals surface area contributed by atoms with Crippen LogP contribution in [0.25, 0.3) is 0 Å². The van der Waals surface area contributed by atoms with Crippen molar-refractivity contribution in [1.29, 1.82) is 0 Å². The fourth-order valence-corrected chi connectivity index (χ4v) is 8.12. The van der Waals surface area contributed by atoms with Gasteiger partial charge in [0.1, 0.15) is 6.29 Å². The van der Waals surface area contributed by atoms with E-state index >= 15 is 0 Å². The third-order valence-electron chi connectivity index (χ3n) is 10.1. The second-order valence-corrected chi connectivity index (χ2v) is 24.8. The zero-order valence-electron chi connectivity index (χ0n) is 22.7. The summed E-state index contributed by atoms with van der Waals surface area (Å²) in [5.41, 5.74) is 1.54. The molecule has 6 aliphatic rings. The van der Waals surface area contributed by atoms with Crippen LogP contribution in [-0.2, 0) is 13.6 Å². The number of carbonyl (C=O) groups excluding carboxylic acids is 1. The molecule has 0 aromatic heterocycles. The zero-order chi connectivity index (χ0) is 24.5. The molecular weight excluding hydrogens is 428 g/mol. The third kappa shape index (κ3) is 4.53. The van der Waals surface area contributed by atoms with E-state index in [4.69, 9.17) is 8.85 Å². The quantitative estimate of drug-likeness (QED) is 0.203. The number of aldehydes is 1. The van der Waals surface area contributed by atoms with Crippen molar-refractivity contribution in [2.24, 2.45) is 21.7 Å². The summed E-state index contributed by atoms with van der Waals surface area (Å²) in [6, 6.07) is 0. The minimum Gasteiger partial charge on any atom is -0.416 e. The molecule has 5 heteroatoms. The lowest BCUT2D eigenvalue weighted by molar-refractivity contribution is -0.206. The van der Waals surface area contributed by atoms with Gasteiger partial charge < -0.3 is 13.6 Å². The zero-order valence-corrected chi connectivity index (χ0v) is 24.7. The second-order valence-electron chi connectivity index (χ2n) is 15.2. The molecule has 0 aromatic carbocycles. The maximum Gasteiger partial charge on any atom is 0.192 e. The van der Waals surface area contributed by atoms with Crippen LogP contribution in [0, 0.1) is 21.7 Å². The van der Waals surface area contributed by atoms with Crippen LogP contribution >= 0.6 is 0 Å². The van der Waals surface area contributed by atoms with E-state index in [1.54, 1.807) is 0 Å². The van der Waals surface area contributed by atoms with E-state index in [-0.39, 0.29) is 5.41 Å². The molecule has 0 spiro atoms. The molecular formula is C27H50O3Si2. The Kier molecular flexibility index (Phi) is 6.29. The number of carbonyl (C=O) groups is 1. The summed E-state index contributed by atoms with van der Waals surface area (Å²) in [5, 5.41) is 0.630. The maximum atomic E-state index is 10.8. The highest BCUT2D eigenvalue weighted by Gasteiger charge is 2.68. The van der Waals surface area contributed by atoms with Gasteiger partial charge in [-0.05, 0) is 91.0 Å². The van der Waals surface area contributed by atoms with Crippen molar-refractivity contribution in [2.45, 2.75) is 116 Å². The largest absolute Gasteiger partial charge is 0.416 e. The fourth-order valence-electron chi connectivity index (χ4n) is 5.92. The lowest BCUT2D eigenvalue weighted by Crippen LogP contribution is -2.65. The minimum atomic E-state index is -1.60. The molecule has 4 bridgehead atoms. The monoisotopic (exact) mass is 478 g/mol. The maximum absolute atomic E-state index is 10.8. The molecule has 0 unspecified atom stereocenters. The summed E-state index contributed by atoms with van der Waals surface area (Å²) >= 11 is 0.